The first-order chi connectivity index (χ1) is 16.3. The molecule has 34 heavy (non-hydrogen) atoms. The molecule has 0 fully saturated rings. The highest BCUT2D eigenvalue weighted by atomic mass is 32.2. The molecule has 0 atom stereocenters. The summed E-state index contributed by atoms with van der Waals surface area (Å²) >= 11 is 1.71. The lowest BCUT2D eigenvalue weighted by molar-refractivity contribution is 0.0816. The van der Waals surface area contributed by atoms with Crippen LogP contribution >= 0.6 is 11.8 Å². The molecule has 0 aliphatic carbocycles. The van der Waals surface area contributed by atoms with Gasteiger partial charge in [0, 0.05) is 35.5 Å². The minimum atomic E-state index is -1.13. The fourth-order valence-corrected chi connectivity index (χ4v) is 5.21. The minimum absolute atomic E-state index is 0.450. The van der Waals surface area contributed by atoms with Crippen molar-refractivity contribution in [2.75, 3.05) is 12.3 Å². The third-order valence-corrected chi connectivity index (χ3v) is 8.36. The monoisotopic (exact) mass is 487 g/mol. The minimum Gasteiger partial charge on any atom is -0.398 e. The van der Waals surface area contributed by atoms with E-state index in [1.54, 1.807) is 11.8 Å². The lowest BCUT2D eigenvalue weighted by Crippen LogP contribution is -2.22. The number of hydrogen-bond acceptors (Lipinski definition) is 4. The zero-order valence-corrected chi connectivity index (χ0v) is 22.2. The van der Waals surface area contributed by atoms with Crippen molar-refractivity contribution < 1.29 is 4.74 Å². The lowest BCUT2D eigenvalue weighted by Gasteiger charge is -2.15. The van der Waals surface area contributed by atoms with Gasteiger partial charge in [-0.25, -0.2) is 4.68 Å². The van der Waals surface area contributed by atoms with E-state index < -0.39 is 8.07 Å². The Morgan fingerprint density at radius 1 is 0.971 bits per heavy atom. The standard InChI is InChI=1S/C28H33N3OSSi/c1-21-10-12-23(18-26(21)29)33-24-13-14-25-27(15-11-22-8-6-5-7-9-22)30-31(28(25)19-24)20-32-16-17-34(2,3)4/h5-15,18-19H,16-17,20,29H2,1-4H3. The molecule has 0 amide bonds. The number of aromatic nitrogens is 2. The summed E-state index contributed by atoms with van der Waals surface area (Å²) in [6, 6.07) is 24.2. The second-order valence-corrected chi connectivity index (χ2v) is 16.5. The van der Waals surface area contributed by atoms with Crippen LogP contribution in [-0.4, -0.2) is 24.5 Å². The van der Waals surface area contributed by atoms with Crippen molar-refractivity contribution >= 4 is 48.6 Å². The zero-order valence-electron chi connectivity index (χ0n) is 20.4. The van der Waals surface area contributed by atoms with Gasteiger partial charge in [-0.3, -0.25) is 0 Å². The molecule has 6 heteroatoms. The first kappa shape index (κ1) is 24.3. The highest BCUT2D eigenvalue weighted by Crippen LogP contribution is 2.33. The van der Waals surface area contributed by atoms with Crippen molar-refractivity contribution in [1.82, 2.24) is 9.78 Å². The van der Waals surface area contributed by atoms with Gasteiger partial charge in [0.2, 0.25) is 0 Å². The predicted octanol–water partition coefficient (Wildman–Crippen LogP) is 7.56. The van der Waals surface area contributed by atoms with Crippen LogP contribution in [0.2, 0.25) is 25.7 Å². The van der Waals surface area contributed by atoms with Crippen molar-refractivity contribution in [3.05, 3.63) is 83.6 Å². The molecule has 0 unspecified atom stereocenters. The summed E-state index contributed by atoms with van der Waals surface area (Å²) in [7, 11) is -1.13. The predicted molar refractivity (Wildman–Crippen MR) is 149 cm³/mol. The number of nitrogens with two attached hydrogens (primary N) is 1. The molecule has 3 aromatic carbocycles. The molecule has 4 rings (SSSR count). The molecule has 0 bridgehead atoms. The second kappa shape index (κ2) is 10.6. The van der Waals surface area contributed by atoms with Crippen LogP contribution in [0.4, 0.5) is 5.69 Å². The summed E-state index contributed by atoms with van der Waals surface area (Å²) in [5.41, 5.74) is 11.2. The van der Waals surface area contributed by atoms with Gasteiger partial charge >= 0.3 is 0 Å². The molecule has 176 valence electrons. The average Bonchev–Trinajstić information content (AvgIpc) is 3.15. The van der Waals surface area contributed by atoms with Crippen LogP contribution in [0, 0.1) is 6.92 Å². The van der Waals surface area contributed by atoms with Gasteiger partial charge in [-0.1, -0.05) is 73.9 Å². The van der Waals surface area contributed by atoms with E-state index >= 15 is 0 Å². The van der Waals surface area contributed by atoms with E-state index in [-0.39, 0.29) is 0 Å². The Morgan fingerprint density at radius 3 is 2.44 bits per heavy atom. The van der Waals surface area contributed by atoms with E-state index in [0.717, 1.165) is 55.9 Å². The van der Waals surface area contributed by atoms with Crippen LogP contribution in [0.15, 0.2) is 76.5 Å². The molecule has 0 radical (unpaired) electrons. The van der Waals surface area contributed by atoms with Gasteiger partial charge in [0.25, 0.3) is 0 Å². The number of nitrogens with zero attached hydrogens (tertiary/aromatic N) is 2. The van der Waals surface area contributed by atoms with Crippen LogP contribution in [0.25, 0.3) is 23.1 Å². The van der Waals surface area contributed by atoms with Crippen LogP contribution in [0.1, 0.15) is 16.8 Å². The molecular weight excluding hydrogens is 454 g/mol. The summed E-state index contributed by atoms with van der Waals surface area (Å²) < 4.78 is 8.04. The van der Waals surface area contributed by atoms with Crippen molar-refractivity contribution in [2.45, 2.75) is 49.1 Å². The number of hydrogen-bond donors (Lipinski definition) is 1. The summed E-state index contributed by atoms with van der Waals surface area (Å²) in [5.74, 6) is 0. The second-order valence-electron chi connectivity index (χ2n) is 9.78. The molecule has 1 heterocycles. The van der Waals surface area contributed by atoms with Crippen molar-refractivity contribution in [2.24, 2.45) is 0 Å². The smallest absolute Gasteiger partial charge is 0.140 e. The van der Waals surface area contributed by atoms with E-state index in [1.165, 1.54) is 0 Å². The number of fused-ring (bicyclic) bond motifs is 1. The number of nitrogen functional groups attached to an aromatic ring is 1. The number of aryl methyl sites for hydroxylation is 1. The van der Waals surface area contributed by atoms with E-state index in [9.17, 15) is 0 Å². The molecule has 1 aromatic heterocycles. The Bertz CT molecular complexity index is 1290. The van der Waals surface area contributed by atoms with Gasteiger partial charge in [0.1, 0.15) is 6.73 Å². The number of anilines is 1. The van der Waals surface area contributed by atoms with E-state index in [2.05, 4.69) is 74.3 Å². The molecular formula is C28H33N3OSSi. The quantitative estimate of drug-likeness (QED) is 0.150. The molecule has 0 spiro atoms. The lowest BCUT2D eigenvalue weighted by atomic mass is 10.1. The fraction of sp³-hybridized carbons (Fsp3) is 0.250. The molecule has 2 N–H and O–H groups in total. The molecule has 4 aromatic rings. The van der Waals surface area contributed by atoms with Gasteiger partial charge in [-0.2, -0.15) is 5.10 Å². The van der Waals surface area contributed by atoms with Crippen LogP contribution in [-0.2, 0) is 11.5 Å². The maximum Gasteiger partial charge on any atom is 0.140 e. The fourth-order valence-electron chi connectivity index (χ4n) is 3.55. The zero-order chi connectivity index (χ0) is 24.1. The maximum absolute atomic E-state index is 6.12. The average molecular weight is 488 g/mol. The highest BCUT2D eigenvalue weighted by Gasteiger charge is 2.14. The van der Waals surface area contributed by atoms with Crippen molar-refractivity contribution in [3.63, 3.8) is 0 Å². The van der Waals surface area contributed by atoms with Gasteiger partial charge in [0.15, 0.2) is 0 Å². The topological polar surface area (TPSA) is 53.1 Å². The Labute approximate surface area is 207 Å². The van der Waals surface area contributed by atoms with Gasteiger partial charge in [-0.05, 0) is 60.5 Å². The molecule has 0 saturated heterocycles. The maximum atomic E-state index is 6.12. The Balaban J connectivity index is 1.62. The normalized spacial score (nSPS) is 12.1. The van der Waals surface area contributed by atoms with Gasteiger partial charge in [-0.15, -0.1) is 0 Å². The van der Waals surface area contributed by atoms with Crippen molar-refractivity contribution in [1.29, 1.82) is 0 Å². The Morgan fingerprint density at radius 2 is 1.71 bits per heavy atom. The third kappa shape index (κ3) is 6.41. The molecule has 0 saturated carbocycles. The SMILES string of the molecule is Cc1ccc(Sc2ccc3c(C=Cc4ccccc4)nn(COCC[Si](C)(C)C)c3c2)cc1N. The first-order valence-corrected chi connectivity index (χ1v) is 16.2. The number of ether oxygens (including phenoxy) is 1. The molecule has 4 nitrogen and oxygen atoms in total. The van der Waals surface area contributed by atoms with E-state index in [1.807, 2.05) is 35.9 Å². The largest absolute Gasteiger partial charge is 0.398 e. The van der Waals surface area contributed by atoms with Crippen LogP contribution in [0.3, 0.4) is 0 Å². The van der Waals surface area contributed by atoms with Gasteiger partial charge in [0.05, 0.1) is 11.2 Å². The van der Waals surface area contributed by atoms with E-state index in [4.69, 9.17) is 15.6 Å². The van der Waals surface area contributed by atoms with E-state index in [0.29, 0.717) is 6.73 Å². The summed E-state index contributed by atoms with van der Waals surface area (Å²) in [6.07, 6.45) is 4.19. The summed E-state index contributed by atoms with van der Waals surface area (Å²) in [4.78, 5) is 2.28. The third-order valence-electron chi connectivity index (χ3n) is 5.68. The molecule has 0 aliphatic rings. The van der Waals surface area contributed by atoms with Gasteiger partial charge < -0.3 is 10.5 Å². The van der Waals surface area contributed by atoms with Crippen LogP contribution < -0.4 is 5.73 Å². The van der Waals surface area contributed by atoms with Crippen LogP contribution in [0.5, 0.6) is 0 Å². The first-order valence-electron chi connectivity index (χ1n) is 11.6. The molecule has 0 aliphatic heterocycles. The highest BCUT2D eigenvalue weighted by molar-refractivity contribution is 7.99. The summed E-state index contributed by atoms with van der Waals surface area (Å²) in [5, 5.41) is 6.02. The summed E-state index contributed by atoms with van der Waals surface area (Å²) in [6.45, 7) is 10.4. The Hall–Kier alpha value is -2.80. The number of benzene rings is 3. The number of rotatable bonds is 9. The Kier molecular flexibility index (Phi) is 7.61. The van der Waals surface area contributed by atoms with Crippen molar-refractivity contribution in [3.8, 4) is 0 Å².